The minimum absolute atomic E-state index is 0.0172. The first-order valence-electron chi connectivity index (χ1n) is 8.09. The monoisotopic (exact) mass is 384 g/mol. The summed E-state index contributed by atoms with van der Waals surface area (Å²) in [6.45, 7) is 0.132. The summed E-state index contributed by atoms with van der Waals surface area (Å²) in [5, 5.41) is 7.15. The Morgan fingerprint density at radius 2 is 1.81 bits per heavy atom. The summed E-state index contributed by atoms with van der Waals surface area (Å²) in [4.78, 5) is 36.1. The van der Waals surface area contributed by atoms with E-state index >= 15 is 0 Å². The van der Waals surface area contributed by atoms with Crippen LogP contribution in [-0.2, 0) is 4.79 Å². The summed E-state index contributed by atoms with van der Waals surface area (Å²) in [6, 6.07) is 13.1. The molecule has 0 aliphatic carbocycles. The summed E-state index contributed by atoms with van der Waals surface area (Å²) in [6.07, 6.45) is 1.42. The molecule has 0 bridgehead atoms. The summed E-state index contributed by atoms with van der Waals surface area (Å²) < 4.78 is 10.1. The quantitative estimate of drug-likeness (QED) is 0.481. The molecule has 0 unspecified atom stereocenters. The van der Waals surface area contributed by atoms with Gasteiger partial charge in [0, 0.05) is 12.2 Å². The molecule has 0 aliphatic heterocycles. The maximum absolute atomic E-state index is 12.0. The van der Waals surface area contributed by atoms with Crippen LogP contribution in [0.5, 0.6) is 5.75 Å². The molecule has 2 amide bonds. The van der Waals surface area contributed by atoms with E-state index in [-0.39, 0.29) is 24.6 Å². The van der Waals surface area contributed by atoms with Crippen LogP contribution in [-0.4, -0.2) is 24.3 Å². The van der Waals surface area contributed by atoms with Gasteiger partial charge in [-0.3, -0.25) is 14.4 Å². The lowest BCUT2D eigenvalue weighted by molar-refractivity contribution is -0.134. The lowest BCUT2D eigenvalue weighted by atomic mass is 10.3. The minimum Gasteiger partial charge on any atom is -0.459 e. The average Bonchev–Trinajstić information content (AvgIpc) is 3.37. The Morgan fingerprint density at radius 3 is 2.48 bits per heavy atom. The van der Waals surface area contributed by atoms with Crippen molar-refractivity contribution in [3.8, 4) is 5.75 Å². The molecular weight excluding hydrogens is 368 g/mol. The third-order valence-electron chi connectivity index (χ3n) is 3.45. The number of benzene rings is 1. The smallest absolute Gasteiger partial charge is 0.312 e. The van der Waals surface area contributed by atoms with Gasteiger partial charge in [-0.2, -0.15) is 0 Å². The molecule has 0 fully saturated rings. The summed E-state index contributed by atoms with van der Waals surface area (Å²) in [7, 11) is 0. The van der Waals surface area contributed by atoms with Crippen LogP contribution in [0.15, 0.2) is 64.6 Å². The average molecular weight is 384 g/mol. The molecule has 0 spiro atoms. The number of thiophene rings is 1. The molecule has 0 atom stereocenters. The Hall–Kier alpha value is -3.39. The van der Waals surface area contributed by atoms with Crippen LogP contribution >= 0.6 is 11.3 Å². The first-order valence-corrected chi connectivity index (χ1v) is 8.97. The zero-order valence-corrected chi connectivity index (χ0v) is 15.0. The fourth-order valence-corrected chi connectivity index (χ4v) is 2.78. The molecule has 7 nitrogen and oxygen atoms in total. The highest BCUT2D eigenvalue weighted by Crippen LogP contribution is 2.18. The standard InChI is InChI=1S/C19H16N2O5S/c22-17(9-10-20-18(23)15-3-1-11-25-15)26-14-7-5-13(6-8-14)21-19(24)16-4-2-12-27-16/h1-8,11-12H,9-10H2,(H,20,23)(H,21,24). The molecule has 0 saturated heterocycles. The van der Waals surface area contributed by atoms with Gasteiger partial charge in [0.25, 0.3) is 11.8 Å². The van der Waals surface area contributed by atoms with Crippen LogP contribution in [0.2, 0.25) is 0 Å². The number of esters is 1. The fourth-order valence-electron chi connectivity index (χ4n) is 2.16. The van der Waals surface area contributed by atoms with Crippen LogP contribution in [0.25, 0.3) is 0 Å². The minimum atomic E-state index is -0.481. The maximum Gasteiger partial charge on any atom is 0.312 e. The Balaban J connectivity index is 1.43. The summed E-state index contributed by atoms with van der Waals surface area (Å²) in [5.74, 6) is -0.527. The van der Waals surface area contributed by atoms with Gasteiger partial charge in [0.2, 0.25) is 0 Å². The van der Waals surface area contributed by atoms with Crippen LogP contribution in [0.3, 0.4) is 0 Å². The van der Waals surface area contributed by atoms with E-state index in [2.05, 4.69) is 10.6 Å². The molecule has 0 saturated carbocycles. The van der Waals surface area contributed by atoms with Gasteiger partial charge in [-0.05, 0) is 47.8 Å². The van der Waals surface area contributed by atoms with Gasteiger partial charge in [0.1, 0.15) is 5.75 Å². The molecule has 27 heavy (non-hydrogen) atoms. The number of furan rings is 1. The number of amides is 2. The van der Waals surface area contributed by atoms with E-state index in [1.54, 1.807) is 42.5 Å². The lowest BCUT2D eigenvalue weighted by Gasteiger charge is -2.07. The van der Waals surface area contributed by atoms with Crippen molar-refractivity contribution in [1.82, 2.24) is 5.32 Å². The van der Waals surface area contributed by atoms with E-state index in [1.165, 1.54) is 23.7 Å². The van der Waals surface area contributed by atoms with Crippen molar-refractivity contribution >= 4 is 34.8 Å². The van der Waals surface area contributed by atoms with Crippen LogP contribution < -0.4 is 15.4 Å². The second-order valence-corrected chi connectivity index (χ2v) is 6.36. The van der Waals surface area contributed by atoms with E-state index in [0.29, 0.717) is 16.3 Å². The third kappa shape index (κ3) is 5.29. The van der Waals surface area contributed by atoms with Gasteiger partial charge in [-0.15, -0.1) is 11.3 Å². The number of anilines is 1. The molecule has 2 N–H and O–H groups in total. The number of carbonyl (C=O) groups is 3. The molecule has 3 aromatic rings. The first-order chi connectivity index (χ1) is 13.1. The van der Waals surface area contributed by atoms with Crippen molar-refractivity contribution in [2.75, 3.05) is 11.9 Å². The number of hydrogen-bond donors (Lipinski definition) is 2. The zero-order valence-electron chi connectivity index (χ0n) is 14.1. The fraction of sp³-hybridized carbons (Fsp3) is 0.105. The Kier molecular flexibility index (Phi) is 6.01. The highest BCUT2D eigenvalue weighted by Gasteiger charge is 2.11. The lowest BCUT2D eigenvalue weighted by Crippen LogP contribution is -2.26. The van der Waals surface area contributed by atoms with Gasteiger partial charge in [-0.25, -0.2) is 0 Å². The van der Waals surface area contributed by atoms with Gasteiger partial charge in [0.05, 0.1) is 17.6 Å². The normalized spacial score (nSPS) is 10.2. The number of rotatable bonds is 7. The zero-order chi connectivity index (χ0) is 19.1. The van der Waals surface area contributed by atoms with Crippen LogP contribution in [0.4, 0.5) is 5.69 Å². The topological polar surface area (TPSA) is 97.6 Å². The van der Waals surface area contributed by atoms with Gasteiger partial charge in [0.15, 0.2) is 5.76 Å². The molecule has 3 rings (SSSR count). The molecule has 2 aromatic heterocycles. The van der Waals surface area contributed by atoms with Crippen molar-refractivity contribution in [3.63, 3.8) is 0 Å². The predicted octanol–water partition coefficient (Wildman–Crippen LogP) is 3.32. The van der Waals surface area contributed by atoms with Gasteiger partial charge >= 0.3 is 5.97 Å². The van der Waals surface area contributed by atoms with Gasteiger partial charge in [-0.1, -0.05) is 6.07 Å². The molecule has 2 heterocycles. The molecular formula is C19H16N2O5S. The molecule has 0 radical (unpaired) electrons. The highest BCUT2D eigenvalue weighted by molar-refractivity contribution is 7.12. The van der Waals surface area contributed by atoms with E-state index in [1.807, 2.05) is 5.38 Å². The van der Waals surface area contributed by atoms with E-state index in [4.69, 9.17) is 9.15 Å². The van der Waals surface area contributed by atoms with E-state index in [9.17, 15) is 14.4 Å². The number of nitrogens with one attached hydrogen (secondary N) is 2. The number of ether oxygens (including phenoxy) is 1. The predicted molar refractivity (Wildman–Crippen MR) is 100 cm³/mol. The second-order valence-electron chi connectivity index (χ2n) is 5.41. The van der Waals surface area contributed by atoms with Crippen molar-refractivity contribution in [3.05, 3.63) is 70.8 Å². The first kappa shape index (κ1) is 18.4. The van der Waals surface area contributed by atoms with Crippen LogP contribution in [0.1, 0.15) is 26.6 Å². The Bertz CT molecular complexity index is 902. The SMILES string of the molecule is O=C(CCNC(=O)c1ccco1)Oc1ccc(NC(=O)c2cccs2)cc1. The molecule has 1 aromatic carbocycles. The molecule has 8 heteroatoms. The second kappa shape index (κ2) is 8.81. The largest absolute Gasteiger partial charge is 0.459 e. The summed E-state index contributed by atoms with van der Waals surface area (Å²) in [5.41, 5.74) is 0.596. The Morgan fingerprint density at radius 1 is 1.00 bits per heavy atom. The van der Waals surface area contributed by atoms with Gasteiger partial charge < -0.3 is 19.8 Å². The van der Waals surface area contributed by atoms with Crippen molar-refractivity contribution in [2.24, 2.45) is 0 Å². The summed E-state index contributed by atoms with van der Waals surface area (Å²) >= 11 is 1.35. The highest BCUT2D eigenvalue weighted by atomic mass is 32.1. The van der Waals surface area contributed by atoms with Crippen molar-refractivity contribution < 1.29 is 23.5 Å². The number of hydrogen-bond acceptors (Lipinski definition) is 6. The third-order valence-corrected chi connectivity index (χ3v) is 4.32. The molecule has 138 valence electrons. The maximum atomic E-state index is 12.0. The van der Waals surface area contributed by atoms with Crippen molar-refractivity contribution in [2.45, 2.75) is 6.42 Å². The van der Waals surface area contributed by atoms with Crippen LogP contribution in [0, 0.1) is 0 Å². The number of carbonyl (C=O) groups excluding carboxylic acids is 3. The van der Waals surface area contributed by atoms with E-state index in [0.717, 1.165) is 0 Å². The van der Waals surface area contributed by atoms with E-state index < -0.39 is 11.9 Å². The molecule has 0 aliphatic rings. The Labute approximate surface area is 159 Å². The van der Waals surface area contributed by atoms with Crippen molar-refractivity contribution in [1.29, 1.82) is 0 Å².